The van der Waals surface area contributed by atoms with Crippen molar-refractivity contribution in [3.05, 3.63) is 11.1 Å². The highest BCUT2D eigenvalue weighted by Gasteiger charge is 2.30. The summed E-state index contributed by atoms with van der Waals surface area (Å²) in [6.45, 7) is 1.55. The van der Waals surface area contributed by atoms with Crippen LogP contribution in [-0.2, 0) is 16.3 Å². The Balaban J connectivity index is 1.98. The Morgan fingerprint density at radius 3 is 3.00 bits per heavy atom. The molecule has 1 saturated heterocycles. The largest absolute Gasteiger partial charge is 0.375 e. The van der Waals surface area contributed by atoms with E-state index in [-0.39, 0.29) is 5.37 Å². The summed E-state index contributed by atoms with van der Waals surface area (Å²) in [4.78, 5) is 6.24. The molecule has 2 rings (SSSR count). The van der Waals surface area contributed by atoms with Crippen molar-refractivity contribution in [1.82, 2.24) is 9.88 Å². The van der Waals surface area contributed by atoms with Crippen LogP contribution in [0.5, 0.6) is 0 Å². The van der Waals surface area contributed by atoms with Gasteiger partial charge in [-0.15, -0.1) is 11.3 Å². The number of sulfone groups is 1. The van der Waals surface area contributed by atoms with Gasteiger partial charge < -0.3 is 5.73 Å². The van der Waals surface area contributed by atoms with Gasteiger partial charge in [-0.05, 0) is 0 Å². The minimum atomic E-state index is -3.01. The summed E-state index contributed by atoms with van der Waals surface area (Å²) < 4.78 is 23.4. The monoisotopic (exact) mass is 307 g/mol. The second-order valence-corrected chi connectivity index (χ2v) is 8.56. The number of aromatic nitrogens is 1. The van der Waals surface area contributed by atoms with Crippen LogP contribution < -0.4 is 5.73 Å². The van der Waals surface area contributed by atoms with Crippen molar-refractivity contribution >= 4 is 38.1 Å². The summed E-state index contributed by atoms with van der Waals surface area (Å²) in [5, 5.41) is 2.15. The van der Waals surface area contributed by atoms with Crippen LogP contribution in [0.15, 0.2) is 5.38 Å². The standard InChI is InChI=1S/C10H17N3O2S3/c1-18(14,15)9-7-16-5-4-13(9)3-2-8-6-17-10(11)12-8/h6,9H,2-5,7H2,1H3,(H2,11,12). The minimum absolute atomic E-state index is 0.354. The maximum atomic E-state index is 11.7. The lowest BCUT2D eigenvalue weighted by molar-refractivity contribution is 0.273. The number of nitrogens with two attached hydrogens (primary N) is 1. The number of anilines is 1. The molecule has 1 aliphatic rings. The van der Waals surface area contributed by atoms with Gasteiger partial charge in [0.2, 0.25) is 0 Å². The smallest absolute Gasteiger partial charge is 0.180 e. The quantitative estimate of drug-likeness (QED) is 0.882. The van der Waals surface area contributed by atoms with Gasteiger partial charge in [0, 0.05) is 42.7 Å². The van der Waals surface area contributed by atoms with E-state index in [9.17, 15) is 8.42 Å². The molecule has 0 bridgehead atoms. The molecule has 0 aromatic carbocycles. The Morgan fingerprint density at radius 2 is 2.39 bits per heavy atom. The van der Waals surface area contributed by atoms with Crippen LogP contribution in [0.2, 0.25) is 0 Å². The summed E-state index contributed by atoms with van der Waals surface area (Å²) in [5.74, 6) is 1.66. The van der Waals surface area contributed by atoms with E-state index in [4.69, 9.17) is 5.73 Å². The number of hydrogen-bond acceptors (Lipinski definition) is 7. The molecule has 2 heterocycles. The zero-order chi connectivity index (χ0) is 13.2. The van der Waals surface area contributed by atoms with E-state index in [0.29, 0.717) is 10.9 Å². The maximum Gasteiger partial charge on any atom is 0.180 e. The molecular weight excluding hydrogens is 290 g/mol. The molecule has 1 aromatic heterocycles. The van der Waals surface area contributed by atoms with Crippen molar-refractivity contribution in [3.63, 3.8) is 0 Å². The zero-order valence-electron chi connectivity index (χ0n) is 10.2. The van der Waals surface area contributed by atoms with E-state index in [1.54, 1.807) is 11.8 Å². The second-order valence-electron chi connectivity index (χ2n) is 4.32. The Kier molecular flexibility index (Phi) is 4.52. The minimum Gasteiger partial charge on any atom is -0.375 e. The fraction of sp³-hybridized carbons (Fsp3) is 0.700. The number of hydrogen-bond donors (Lipinski definition) is 1. The molecule has 0 spiro atoms. The molecule has 1 fully saturated rings. The van der Waals surface area contributed by atoms with E-state index in [1.807, 2.05) is 10.3 Å². The third-order valence-corrected chi connectivity index (χ3v) is 6.32. The Labute approximate surface area is 116 Å². The van der Waals surface area contributed by atoms with E-state index in [0.717, 1.165) is 31.0 Å². The van der Waals surface area contributed by atoms with Crippen molar-refractivity contribution < 1.29 is 8.42 Å². The number of nitrogens with zero attached hydrogens (tertiary/aromatic N) is 2. The summed E-state index contributed by atoms with van der Waals surface area (Å²) in [6, 6.07) is 0. The fourth-order valence-corrected chi connectivity index (χ4v) is 5.53. The van der Waals surface area contributed by atoms with Crippen LogP contribution in [-0.4, -0.2) is 54.5 Å². The molecule has 102 valence electrons. The Morgan fingerprint density at radius 1 is 1.61 bits per heavy atom. The van der Waals surface area contributed by atoms with Gasteiger partial charge in [-0.3, -0.25) is 4.90 Å². The molecule has 8 heteroatoms. The molecule has 1 unspecified atom stereocenters. The second kappa shape index (κ2) is 5.77. The summed E-state index contributed by atoms with van der Waals surface area (Å²) >= 11 is 3.13. The van der Waals surface area contributed by atoms with Gasteiger partial charge in [-0.2, -0.15) is 11.8 Å². The first kappa shape index (κ1) is 14.1. The highest BCUT2D eigenvalue weighted by molar-refractivity contribution is 8.00. The van der Waals surface area contributed by atoms with Crippen LogP contribution in [0, 0.1) is 0 Å². The average Bonchev–Trinajstić information content (AvgIpc) is 2.72. The van der Waals surface area contributed by atoms with Gasteiger partial charge in [-0.25, -0.2) is 13.4 Å². The summed E-state index contributed by atoms with van der Waals surface area (Å²) in [5.41, 5.74) is 6.53. The first-order valence-electron chi connectivity index (χ1n) is 5.67. The SMILES string of the molecule is CS(=O)(=O)C1CSCCN1CCc1csc(N)n1. The highest BCUT2D eigenvalue weighted by Crippen LogP contribution is 2.21. The molecule has 1 aromatic rings. The number of nitrogen functional groups attached to an aromatic ring is 1. The number of rotatable bonds is 4. The predicted molar refractivity (Wildman–Crippen MR) is 77.8 cm³/mol. The van der Waals surface area contributed by atoms with Crippen molar-refractivity contribution in [1.29, 1.82) is 0 Å². The van der Waals surface area contributed by atoms with E-state index < -0.39 is 9.84 Å². The highest BCUT2D eigenvalue weighted by atomic mass is 32.2. The van der Waals surface area contributed by atoms with Gasteiger partial charge in [0.05, 0.1) is 5.69 Å². The van der Waals surface area contributed by atoms with Crippen molar-refractivity contribution in [2.75, 3.05) is 36.6 Å². The molecule has 18 heavy (non-hydrogen) atoms. The molecule has 0 radical (unpaired) electrons. The first-order valence-corrected chi connectivity index (χ1v) is 9.66. The van der Waals surface area contributed by atoms with Gasteiger partial charge >= 0.3 is 0 Å². The van der Waals surface area contributed by atoms with Gasteiger partial charge in [-0.1, -0.05) is 0 Å². The van der Waals surface area contributed by atoms with Crippen LogP contribution in [0.1, 0.15) is 5.69 Å². The van der Waals surface area contributed by atoms with Crippen molar-refractivity contribution in [2.45, 2.75) is 11.8 Å². The van der Waals surface area contributed by atoms with E-state index in [1.165, 1.54) is 17.6 Å². The van der Waals surface area contributed by atoms with Crippen LogP contribution in [0.4, 0.5) is 5.13 Å². The van der Waals surface area contributed by atoms with Crippen LogP contribution >= 0.6 is 23.1 Å². The van der Waals surface area contributed by atoms with Gasteiger partial charge in [0.1, 0.15) is 5.37 Å². The van der Waals surface area contributed by atoms with Crippen molar-refractivity contribution in [2.24, 2.45) is 0 Å². The maximum absolute atomic E-state index is 11.7. The van der Waals surface area contributed by atoms with Gasteiger partial charge in [0.15, 0.2) is 15.0 Å². The number of thiazole rings is 1. The first-order chi connectivity index (χ1) is 8.47. The van der Waals surface area contributed by atoms with E-state index >= 15 is 0 Å². The lowest BCUT2D eigenvalue weighted by atomic mass is 10.3. The summed E-state index contributed by atoms with van der Waals surface area (Å²) in [6.07, 6.45) is 2.07. The lowest BCUT2D eigenvalue weighted by Crippen LogP contribution is -2.47. The molecule has 1 atom stereocenters. The molecule has 0 saturated carbocycles. The Hall–Kier alpha value is -0.310. The van der Waals surface area contributed by atoms with Crippen LogP contribution in [0.25, 0.3) is 0 Å². The van der Waals surface area contributed by atoms with Crippen molar-refractivity contribution in [3.8, 4) is 0 Å². The third kappa shape index (κ3) is 3.59. The topological polar surface area (TPSA) is 76.3 Å². The Bertz CT molecular complexity index is 500. The third-order valence-electron chi connectivity index (χ3n) is 2.91. The lowest BCUT2D eigenvalue weighted by Gasteiger charge is -2.33. The predicted octanol–water partition coefficient (Wildman–Crippen LogP) is 0.687. The summed E-state index contributed by atoms with van der Waals surface area (Å²) in [7, 11) is -3.01. The van der Waals surface area contributed by atoms with Gasteiger partial charge in [0.25, 0.3) is 0 Å². The fourth-order valence-electron chi connectivity index (χ4n) is 1.96. The average molecular weight is 307 g/mol. The molecular formula is C10H17N3O2S3. The molecule has 1 aliphatic heterocycles. The van der Waals surface area contributed by atoms with E-state index in [2.05, 4.69) is 4.98 Å². The molecule has 2 N–H and O–H groups in total. The molecule has 5 nitrogen and oxygen atoms in total. The normalized spacial score (nSPS) is 22.2. The number of thioether (sulfide) groups is 1. The zero-order valence-corrected chi connectivity index (χ0v) is 12.7. The molecule has 0 aliphatic carbocycles. The molecule has 0 amide bonds. The van der Waals surface area contributed by atoms with Crippen LogP contribution in [0.3, 0.4) is 0 Å².